The number of nitrogens with zero attached hydrogens (tertiary/aromatic N) is 1. The van der Waals surface area contributed by atoms with Crippen molar-refractivity contribution in [3.05, 3.63) is 70.6 Å². The van der Waals surface area contributed by atoms with E-state index >= 15 is 0 Å². The molecule has 0 spiro atoms. The molecule has 3 nitrogen and oxygen atoms in total. The van der Waals surface area contributed by atoms with E-state index < -0.39 is 0 Å². The number of phenolic OH excluding ortho intramolecular Hbond substituents is 1. The number of phenols is 1. The Morgan fingerprint density at radius 2 is 1.78 bits per heavy atom. The van der Waals surface area contributed by atoms with Gasteiger partial charge in [-0.3, -0.25) is 9.69 Å². The Morgan fingerprint density at radius 1 is 1.09 bits per heavy atom. The van der Waals surface area contributed by atoms with Crippen molar-refractivity contribution in [2.75, 3.05) is 6.54 Å². The molecule has 2 aromatic carbocycles. The van der Waals surface area contributed by atoms with E-state index in [4.69, 9.17) is 12.2 Å². The van der Waals surface area contributed by atoms with Crippen LogP contribution in [0.15, 0.2) is 59.5 Å². The van der Waals surface area contributed by atoms with E-state index in [0.29, 0.717) is 15.8 Å². The maximum absolute atomic E-state index is 12.5. The summed E-state index contributed by atoms with van der Waals surface area (Å²) in [4.78, 5) is 14.8. The number of hydrogen-bond acceptors (Lipinski definition) is 4. The molecule has 116 valence electrons. The van der Waals surface area contributed by atoms with E-state index in [9.17, 15) is 9.90 Å². The molecule has 3 rings (SSSR count). The number of hydrogen-bond donors (Lipinski definition) is 1. The van der Waals surface area contributed by atoms with Gasteiger partial charge in [-0.2, -0.15) is 0 Å². The Morgan fingerprint density at radius 3 is 2.48 bits per heavy atom. The van der Waals surface area contributed by atoms with E-state index in [2.05, 4.69) is 0 Å². The van der Waals surface area contributed by atoms with Crippen LogP contribution in [0.4, 0.5) is 0 Å². The summed E-state index contributed by atoms with van der Waals surface area (Å²) in [5.41, 5.74) is 2.05. The fourth-order valence-electron chi connectivity index (χ4n) is 2.30. The van der Waals surface area contributed by atoms with Crippen LogP contribution in [-0.4, -0.2) is 26.8 Å². The lowest BCUT2D eigenvalue weighted by Crippen LogP contribution is -2.30. The highest BCUT2D eigenvalue weighted by atomic mass is 32.2. The van der Waals surface area contributed by atoms with Crippen molar-refractivity contribution in [3.8, 4) is 5.75 Å². The number of rotatable bonds is 4. The van der Waals surface area contributed by atoms with Crippen LogP contribution >= 0.6 is 24.0 Å². The van der Waals surface area contributed by atoms with Crippen LogP contribution in [0.1, 0.15) is 11.1 Å². The van der Waals surface area contributed by atoms with Gasteiger partial charge in [-0.1, -0.05) is 66.4 Å². The maximum atomic E-state index is 12.5. The van der Waals surface area contributed by atoms with E-state index in [1.54, 1.807) is 35.2 Å². The quantitative estimate of drug-likeness (QED) is 0.678. The Hall–Kier alpha value is -2.11. The van der Waals surface area contributed by atoms with Gasteiger partial charge in [0.15, 0.2) is 0 Å². The third-order valence-corrected chi connectivity index (χ3v) is 4.91. The SMILES string of the molecule is O=C1/C(=C/c2ccc(O)cc2)SC(=S)N1CCc1ccccc1. The van der Waals surface area contributed by atoms with Crippen LogP contribution in [0.2, 0.25) is 0 Å². The summed E-state index contributed by atoms with van der Waals surface area (Å²) in [6.45, 7) is 0.585. The standard InChI is InChI=1S/C18H15NO2S2/c20-15-8-6-14(7-9-15)12-16-17(21)19(18(22)23-16)11-10-13-4-2-1-3-5-13/h1-9,12,20H,10-11H2/b16-12-. The number of thioether (sulfide) groups is 1. The first-order valence-electron chi connectivity index (χ1n) is 7.22. The minimum Gasteiger partial charge on any atom is -0.508 e. The lowest BCUT2D eigenvalue weighted by molar-refractivity contribution is -0.122. The molecule has 1 fully saturated rings. The second-order valence-corrected chi connectivity index (χ2v) is 6.84. The summed E-state index contributed by atoms with van der Waals surface area (Å²) in [5, 5.41) is 9.31. The molecular weight excluding hydrogens is 326 g/mol. The maximum Gasteiger partial charge on any atom is 0.266 e. The zero-order valence-electron chi connectivity index (χ0n) is 12.3. The molecule has 0 aliphatic carbocycles. The van der Waals surface area contributed by atoms with Crippen molar-refractivity contribution < 1.29 is 9.90 Å². The van der Waals surface area contributed by atoms with Crippen LogP contribution in [-0.2, 0) is 11.2 Å². The molecule has 5 heteroatoms. The average molecular weight is 341 g/mol. The van der Waals surface area contributed by atoms with Gasteiger partial charge in [0, 0.05) is 6.54 Å². The number of carbonyl (C=O) groups excluding carboxylic acids is 1. The van der Waals surface area contributed by atoms with Gasteiger partial charge in [0.1, 0.15) is 10.1 Å². The number of carbonyl (C=O) groups is 1. The minimum absolute atomic E-state index is 0.0518. The Balaban J connectivity index is 1.71. The Bertz CT molecular complexity index is 754. The van der Waals surface area contributed by atoms with Gasteiger partial charge >= 0.3 is 0 Å². The van der Waals surface area contributed by atoms with E-state index in [-0.39, 0.29) is 11.7 Å². The fourth-order valence-corrected chi connectivity index (χ4v) is 3.61. The summed E-state index contributed by atoms with van der Waals surface area (Å²) in [6.07, 6.45) is 2.58. The third kappa shape index (κ3) is 3.81. The Labute approximate surface area is 144 Å². The first-order chi connectivity index (χ1) is 11.1. The monoisotopic (exact) mass is 341 g/mol. The van der Waals surface area contributed by atoms with E-state index in [1.165, 1.54) is 17.3 Å². The minimum atomic E-state index is -0.0518. The topological polar surface area (TPSA) is 40.5 Å². The zero-order valence-corrected chi connectivity index (χ0v) is 13.9. The molecule has 1 saturated heterocycles. The van der Waals surface area contributed by atoms with Gasteiger partial charge in [0.2, 0.25) is 0 Å². The predicted molar refractivity (Wildman–Crippen MR) is 98.1 cm³/mol. The largest absolute Gasteiger partial charge is 0.508 e. The molecular formula is C18H15NO2S2. The highest BCUT2D eigenvalue weighted by Gasteiger charge is 2.31. The zero-order chi connectivity index (χ0) is 16.2. The summed E-state index contributed by atoms with van der Waals surface area (Å²) < 4.78 is 0.593. The van der Waals surface area contributed by atoms with Crippen molar-refractivity contribution >= 4 is 40.3 Å². The Kier molecular flexibility index (Phi) is 4.79. The van der Waals surface area contributed by atoms with Gasteiger partial charge < -0.3 is 5.11 Å². The molecule has 1 N–H and O–H groups in total. The summed E-state index contributed by atoms with van der Waals surface area (Å²) in [6, 6.07) is 16.8. The molecule has 23 heavy (non-hydrogen) atoms. The molecule has 0 atom stereocenters. The lowest BCUT2D eigenvalue weighted by Gasteiger charge is -2.14. The van der Waals surface area contributed by atoms with Crippen molar-refractivity contribution in [2.45, 2.75) is 6.42 Å². The molecule has 1 amide bonds. The molecule has 0 unspecified atom stereocenters. The highest BCUT2D eigenvalue weighted by molar-refractivity contribution is 8.26. The first kappa shape index (κ1) is 15.8. The molecule has 2 aromatic rings. The molecule has 0 aromatic heterocycles. The number of amides is 1. The van der Waals surface area contributed by atoms with Crippen molar-refractivity contribution in [3.63, 3.8) is 0 Å². The highest BCUT2D eigenvalue weighted by Crippen LogP contribution is 2.32. The second kappa shape index (κ2) is 6.98. The number of aromatic hydroxyl groups is 1. The molecule has 1 aliphatic heterocycles. The first-order valence-corrected chi connectivity index (χ1v) is 8.44. The van der Waals surface area contributed by atoms with Gasteiger partial charge in [0.05, 0.1) is 4.91 Å². The van der Waals surface area contributed by atoms with Gasteiger partial charge in [-0.05, 0) is 35.8 Å². The normalized spacial score (nSPS) is 16.3. The average Bonchev–Trinajstić information content (AvgIpc) is 2.82. The summed E-state index contributed by atoms with van der Waals surface area (Å²) in [5.74, 6) is 0.154. The molecule has 0 saturated carbocycles. The van der Waals surface area contributed by atoms with Gasteiger partial charge in [-0.15, -0.1) is 0 Å². The fraction of sp³-hybridized carbons (Fsp3) is 0.111. The molecule has 0 bridgehead atoms. The van der Waals surface area contributed by atoms with E-state index in [0.717, 1.165) is 12.0 Å². The molecule has 0 radical (unpaired) electrons. The summed E-state index contributed by atoms with van der Waals surface area (Å²) >= 11 is 6.66. The smallest absolute Gasteiger partial charge is 0.266 e. The van der Waals surface area contributed by atoms with Gasteiger partial charge in [0.25, 0.3) is 5.91 Å². The van der Waals surface area contributed by atoms with Crippen LogP contribution in [0.5, 0.6) is 5.75 Å². The van der Waals surface area contributed by atoms with Crippen molar-refractivity contribution in [1.82, 2.24) is 4.90 Å². The number of thiocarbonyl (C=S) groups is 1. The molecule has 1 aliphatic rings. The van der Waals surface area contributed by atoms with Crippen LogP contribution in [0, 0.1) is 0 Å². The molecule has 1 heterocycles. The van der Waals surface area contributed by atoms with Crippen LogP contribution < -0.4 is 0 Å². The number of benzene rings is 2. The van der Waals surface area contributed by atoms with Crippen molar-refractivity contribution in [2.24, 2.45) is 0 Å². The van der Waals surface area contributed by atoms with Crippen LogP contribution in [0.25, 0.3) is 6.08 Å². The summed E-state index contributed by atoms with van der Waals surface area (Å²) in [7, 11) is 0. The van der Waals surface area contributed by atoms with Crippen molar-refractivity contribution in [1.29, 1.82) is 0 Å². The van der Waals surface area contributed by atoms with Crippen LogP contribution in [0.3, 0.4) is 0 Å². The third-order valence-electron chi connectivity index (χ3n) is 3.53. The van der Waals surface area contributed by atoms with Gasteiger partial charge in [-0.25, -0.2) is 0 Å². The lowest BCUT2D eigenvalue weighted by atomic mass is 10.1. The van der Waals surface area contributed by atoms with E-state index in [1.807, 2.05) is 30.3 Å². The second-order valence-electron chi connectivity index (χ2n) is 5.16. The predicted octanol–water partition coefficient (Wildman–Crippen LogP) is 3.84.